The van der Waals surface area contributed by atoms with Gasteiger partial charge in [-0.05, 0) is 37.3 Å². The van der Waals surface area contributed by atoms with E-state index in [1.807, 2.05) is 37.3 Å². The van der Waals surface area contributed by atoms with Gasteiger partial charge in [-0.25, -0.2) is 0 Å². The Morgan fingerprint density at radius 2 is 2.14 bits per heavy atom. The second-order valence-electron chi connectivity index (χ2n) is 6.43. The standard InChI is InChI=1S/C17H25N3O/c1-2-19-17(16(18)21,14-6-4-3-5-7-14)12-20-11-13-8-9-15(20)10-13/h3-7,13,15,19H,2,8-12H2,1H3,(H2,18,21). The summed E-state index contributed by atoms with van der Waals surface area (Å²) in [6.07, 6.45) is 3.90. The number of nitrogens with one attached hydrogen (secondary N) is 1. The number of hydrogen-bond donors (Lipinski definition) is 2. The van der Waals surface area contributed by atoms with Crippen LogP contribution in [0.3, 0.4) is 0 Å². The Kier molecular flexibility index (Phi) is 4.00. The number of fused-ring (bicyclic) bond motifs is 2. The maximum atomic E-state index is 12.3. The Balaban J connectivity index is 1.90. The van der Waals surface area contributed by atoms with Crippen molar-refractivity contribution in [2.45, 2.75) is 37.8 Å². The van der Waals surface area contributed by atoms with Crippen LogP contribution >= 0.6 is 0 Å². The topological polar surface area (TPSA) is 58.4 Å². The van der Waals surface area contributed by atoms with E-state index in [1.165, 1.54) is 19.3 Å². The summed E-state index contributed by atoms with van der Waals surface area (Å²) in [7, 11) is 0. The number of likely N-dealkylation sites (tertiary alicyclic amines) is 1. The minimum absolute atomic E-state index is 0.279. The third-order valence-corrected chi connectivity index (χ3v) is 5.13. The Morgan fingerprint density at radius 3 is 2.67 bits per heavy atom. The van der Waals surface area contributed by atoms with Gasteiger partial charge in [-0.1, -0.05) is 37.3 Å². The van der Waals surface area contributed by atoms with Crippen molar-refractivity contribution in [3.05, 3.63) is 35.9 Å². The lowest BCUT2D eigenvalue weighted by molar-refractivity contribution is -0.126. The van der Waals surface area contributed by atoms with Crippen molar-refractivity contribution in [1.29, 1.82) is 0 Å². The summed E-state index contributed by atoms with van der Waals surface area (Å²) in [5.74, 6) is 0.538. The average molecular weight is 287 g/mol. The summed E-state index contributed by atoms with van der Waals surface area (Å²) in [6, 6.07) is 10.6. The number of nitrogens with two attached hydrogens (primary N) is 1. The van der Waals surface area contributed by atoms with Crippen molar-refractivity contribution in [3.8, 4) is 0 Å². The first-order valence-corrected chi connectivity index (χ1v) is 8.00. The van der Waals surface area contributed by atoms with Gasteiger partial charge in [0.2, 0.25) is 5.91 Å². The summed E-state index contributed by atoms with van der Waals surface area (Å²) in [5.41, 5.74) is 6.03. The van der Waals surface area contributed by atoms with Crippen molar-refractivity contribution in [2.75, 3.05) is 19.6 Å². The molecule has 1 saturated carbocycles. The molecule has 1 aromatic carbocycles. The molecular weight excluding hydrogens is 262 g/mol. The molecule has 0 spiro atoms. The van der Waals surface area contributed by atoms with Crippen LogP contribution in [0.5, 0.6) is 0 Å². The molecule has 3 unspecified atom stereocenters. The van der Waals surface area contributed by atoms with E-state index >= 15 is 0 Å². The molecule has 1 aliphatic heterocycles. The minimum Gasteiger partial charge on any atom is -0.368 e. The maximum Gasteiger partial charge on any atom is 0.243 e. The molecule has 3 atom stereocenters. The van der Waals surface area contributed by atoms with Crippen molar-refractivity contribution in [3.63, 3.8) is 0 Å². The number of amides is 1. The lowest BCUT2D eigenvalue weighted by Crippen LogP contribution is -2.59. The van der Waals surface area contributed by atoms with Gasteiger partial charge in [-0.2, -0.15) is 0 Å². The normalized spacial score (nSPS) is 27.7. The highest BCUT2D eigenvalue weighted by molar-refractivity contribution is 5.86. The third kappa shape index (κ3) is 2.58. The zero-order valence-electron chi connectivity index (χ0n) is 12.7. The second-order valence-corrected chi connectivity index (χ2v) is 6.43. The number of likely N-dealkylation sites (N-methyl/N-ethyl adjacent to an activating group) is 1. The zero-order chi connectivity index (χ0) is 14.9. The lowest BCUT2D eigenvalue weighted by Gasteiger charge is -2.38. The number of benzene rings is 1. The van der Waals surface area contributed by atoms with E-state index in [9.17, 15) is 4.79 Å². The van der Waals surface area contributed by atoms with Gasteiger partial charge in [0.25, 0.3) is 0 Å². The first-order chi connectivity index (χ1) is 10.2. The Bertz CT molecular complexity index is 504. The largest absolute Gasteiger partial charge is 0.368 e. The van der Waals surface area contributed by atoms with Gasteiger partial charge in [0.15, 0.2) is 0 Å². The van der Waals surface area contributed by atoms with E-state index in [0.29, 0.717) is 12.6 Å². The number of rotatable bonds is 6. The first kappa shape index (κ1) is 14.5. The summed E-state index contributed by atoms with van der Waals surface area (Å²) in [5, 5.41) is 3.38. The monoisotopic (exact) mass is 287 g/mol. The van der Waals surface area contributed by atoms with E-state index in [0.717, 1.165) is 24.6 Å². The Labute approximate surface area is 126 Å². The molecular formula is C17H25N3O. The second kappa shape index (κ2) is 5.78. The molecule has 1 amide bonds. The van der Waals surface area contributed by atoms with Crippen LogP contribution < -0.4 is 11.1 Å². The first-order valence-electron chi connectivity index (χ1n) is 8.00. The maximum absolute atomic E-state index is 12.3. The molecule has 0 radical (unpaired) electrons. The summed E-state index contributed by atoms with van der Waals surface area (Å²) >= 11 is 0. The van der Waals surface area contributed by atoms with Gasteiger partial charge in [-0.15, -0.1) is 0 Å². The fourth-order valence-electron chi connectivity index (χ4n) is 4.11. The van der Waals surface area contributed by atoms with E-state index in [-0.39, 0.29) is 5.91 Å². The van der Waals surface area contributed by atoms with Gasteiger partial charge in [0.1, 0.15) is 5.54 Å². The summed E-state index contributed by atoms with van der Waals surface area (Å²) < 4.78 is 0. The number of nitrogens with zero attached hydrogens (tertiary/aromatic N) is 1. The quantitative estimate of drug-likeness (QED) is 0.833. The molecule has 1 saturated heterocycles. The molecule has 114 valence electrons. The van der Waals surface area contributed by atoms with E-state index < -0.39 is 5.54 Å². The smallest absolute Gasteiger partial charge is 0.243 e. The predicted octanol–water partition coefficient (Wildman–Crippen LogP) is 1.46. The van der Waals surface area contributed by atoms with Gasteiger partial charge in [-0.3, -0.25) is 15.0 Å². The Hall–Kier alpha value is -1.39. The van der Waals surface area contributed by atoms with E-state index in [1.54, 1.807) is 0 Å². The zero-order valence-corrected chi connectivity index (χ0v) is 12.7. The van der Waals surface area contributed by atoms with Crippen molar-refractivity contribution >= 4 is 5.91 Å². The molecule has 0 aromatic heterocycles. The van der Waals surface area contributed by atoms with Crippen LogP contribution in [0.25, 0.3) is 0 Å². The lowest BCUT2D eigenvalue weighted by atomic mass is 9.87. The molecule has 4 nitrogen and oxygen atoms in total. The number of hydrogen-bond acceptors (Lipinski definition) is 3. The van der Waals surface area contributed by atoms with Crippen LogP contribution in [0.15, 0.2) is 30.3 Å². The number of carbonyl (C=O) groups is 1. The van der Waals surface area contributed by atoms with Crippen LogP contribution in [0, 0.1) is 5.92 Å². The highest BCUT2D eigenvalue weighted by atomic mass is 16.1. The molecule has 3 rings (SSSR count). The fraction of sp³-hybridized carbons (Fsp3) is 0.588. The third-order valence-electron chi connectivity index (χ3n) is 5.13. The molecule has 1 heterocycles. The van der Waals surface area contributed by atoms with Crippen molar-refractivity contribution in [1.82, 2.24) is 10.2 Å². The molecule has 21 heavy (non-hydrogen) atoms. The molecule has 4 heteroatoms. The number of primary amides is 1. The number of piperidine rings is 1. The fourth-order valence-corrected chi connectivity index (χ4v) is 4.11. The van der Waals surface area contributed by atoms with Crippen molar-refractivity contribution < 1.29 is 4.79 Å². The van der Waals surface area contributed by atoms with Crippen LogP contribution in [0.2, 0.25) is 0 Å². The van der Waals surface area contributed by atoms with Crippen LogP contribution in [-0.2, 0) is 10.3 Å². The summed E-state index contributed by atoms with van der Waals surface area (Å²) in [4.78, 5) is 14.8. The van der Waals surface area contributed by atoms with Crippen LogP contribution in [-0.4, -0.2) is 36.5 Å². The molecule has 1 aromatic rings. The average Bonchev–Trinajstić information content (AvgIpc) is 3.10. The predicted molar refractivity (Wildman–Crippen MR) is 83.7 cm³/mol. The van der Waals surface area contributed by atoms with Gasteiger partial charge >= 0.3 is 0 Å². The van der Waals surface area contributed by atoms with E-state index in [2.05, 4.69) is 10.2 Å². The van der Waals surface area contributed by atoms with Gasteiger partial charge in [0.05, 0.1) is 0 Å². The molecule has 2 aliphatic rings. The molecule has 3 N–H and O–H groups in total. The molecule has 2 bridgehead atoms. The highest BCUT2D eigenvalue weighted by Crippen LogP contribution is 2.39. The SMILES string of the molecule is CCNC(CN1CC2CCC1C2)(C(N)=O)c1ccccc1. The van der Waals surface area contributed by atoms with Crippen LogP contribution in [0.4, 0.5) is 0 Å². The van der Waals surface area contributed by atoms with Crippen LogP contribution in [0.1, 0.15) is 31.7 Å². The van der Waals surface area contributed by atoms with Gasteiger partial charge < -0.3 is 5.73 Å². The van der Waals surface area contributed by atoms with Gasteiger partial charge in [0, 0.05) is 19.1 Å². The Morgan fingerprint density at radius 1 is 1.38 bits per heavy atom. The van der Waals surface area contributed by atoms with Crippen molar-refractivity contribution in [2.24, 2.45) is 11.7 Å². The highest BCUT2D eigenvalue weighted by Gasteiger charge is 2.45. The minimum atomic E-state index is -0.777. The summed E-state index contributed by atoms with van der Waals surface area (Å²) in [6.45, 7) is 4.54. The van der Waals surface area contributed by atoms with E-state index in [4.69, 9.17) is 5.73 Å². The number of carbonyl (C=O) groups excluding carboxylic acids is 1. The molecule has 2 fully saturated rings. The molecule has 1 aliphatic carbocycles.